The monoisotopic (exact) mass is 453 g/mol. The molecule has 1 spiro atoms. The maximum atomic E-state index is 13.8. The molecule has 1 atom stereocenters. The quantitative estimate of drug-likeness (QED) is 0.517. The van der Waals surface area contributed by atoms with Crippen molar-refractivity contribution in [2.45, 2.75) is 32.4 Å². The Morgan fingerprint density at radius 3 is 2.34 bits per heavy atom. The van der Waals surface area contributed by atoms with Crippen molar-refractivity contribution in [2.75, 3.05) is 26.0 Å². The van der Waals surface area contributed by atoms with Gasteiger partial charge in [-0.15, -0.1) is 0 Å². The summed E-state index contributed by atoms with van der Waals surface area (Å²) in [6, 6.07) is 9.84. The molecule has 1 unspecified atom stereocenters. The van der Waals surface area contributed by atoms with E-state index >= 15 is 0 Å². The lowest BCUT2D eigenvalue weighted by atomic mass is 9.59. The summed E-state index contributed by atoms with van der Waals surface area (Å²) >= 11 is 6.66. The first-order chi connectivity index (χ1) is 15.2. The third-order valence-electron chi connectivity index (χ3n) is 7.22. The Kier molecular flexibility index (Phi) is 5.76. The lowest BCUT2D eigenvalue weighted by Gasteiger charge is -2.53. The van der Waals surface area contributed by atoms with E-state index < -0.39 is 5.41 Å². The SMILES string of the molecule is CC1N(C)C(=O)C2(C/C(=C\N(C)c3ccccc3)C=C3C(Cl)=C(C=O)CCC32)C(=O)N1C. The maximum Gasteiger partial charge on any atom is 0.240 e. The van der Waals surface area contributed by atoms with Gasteiger partial charge >= 0.3 is 0 Å². The highest BCUT2D eigenvalue weighted by atomic mass is 35.5. The number of anilines is 1. The lowest BCUT2D eigenvalue weighted by molar-refractivity contribution is -0.175. The van der Waals surface area contributed by atoms with E-state index in [9.17, 15) is 14.4 Å². The van der Waals surface area contributed by atoms with Crippen LogP contribution in [0, 0.1) is 11.3 Å². The molecule has 0 saturated carbocycles. The number of carbonyl (C=O) groups excluding carboxylic acids is 3. The molecule has 1 aromatic carbocycles. The summed E-state index contributed by atoms with van der Waals surface area (Å²) in [6.07, 6.45) is 5.64. The minimum absolute atomic E-state index is 0.184. The Labute approximate surface area is 193 Å². The van der Waals surface area contributed by atoms with Gasteiger partial charge in [0.15, 0.2) is 0 Å². The first-order valence-corrected chi connectivity index (χ1v) is 11.2. The van der Waals surface area contributed by atoms with Crippen LogP contribution in [0.15, 0.2) is 64.4 Å². The predicted octanol–water partition coefficient (Wildman–Crippen LogP) is 3.70. The van der Waals surface area contributed by atoms with Gasteiger partial charge in [0.2, 0.25) is 11.8 Å². The number of para-hydroxylation sites is 1. The summed E-state index contributed by atoms with van der Waals surface area (Å²) in [5, 5.41) is 0.369. The van der Waals surface area contributed by atoms with Gasteiger partial charge in [0.25, 0.3) is 0 Å². The molecule has 1 heterocycles. The summed E-state index contributed by atoms with van der Waals surface area (Å²) in [7, 11) is 5.41. The van der Waals surface area contributed by atoms with Crippen molar-refractivity contribution in [2.24, 2.45) is 11.3 Å². The lowest BCUT2D eigenvalue weighted by Crippen LogP contribution is -2.67. The van der Waals surface area contributed by atoms with E-state index in [1.165, 1.54) is 0 Å². The van der Waals surface area contributed by atoms with Gasteiger partial charge in [-0.05, 0) is 49.5 Å². The maximum absolute atomic E-state index is 13.8. The number of amides is 2. The van der Waals surface area contributed by atoms with Gasteiger partial charge in [0.1, 0.15) is 17.9 Å². The largest absolute Gasteiger partial charge is 0.351 e. The molecule has 1 aliphatic heterocycles. The fraction of sp³-hybridized carbons (Fsp3) is 0.400. The second-order valence-corrected chi connectivity index (χ2v) is 9.29. The molecule has 2 aliphatic carbocycles. The Morgan fingerprint density at radius 2 is 1.75 bits per heavy atom. The Bertz CT molecular complexity index is 1040. The van der Waals surface area contributed by atoms with Crippen LogP contribution in [0.1, 0.15) is 26.2 Å². The summed E-state index contributed by atoms with van der Waals surface area (Å²) < 4.78 is 0. The number of allylic oxidation sites excluding steroid dienone is 5. The van der Waals surface area contributed by atoms with Crippen molar-refractivity contribution in [1.82, 2.24) is 9.80 Å². The van der Waals surface area contributed by atoms with Crippen LogP contribution in [-0.2, 0) is 14.4 Å². The first-order valence-electron chi connectivity index (χ1n) is 10.8. The van der Waals surface area contributed by atoms with E-state index in [1.807, 2.05) is 61.5 Å². The first kappa shape index (κ1) is 22.3. The standard InChI is InChI=1S/C25H28ClN3O3/c1-16-28(3)23(31)25(24(32)29(16)4)13-17(14-27(2)19-8-6-5-7-9-19)12-20-21(25)11-10-18(15-30)22(20)26/h5-9,12,14-16,21H,10-11,13H2,1-4H3/b17-14-. The molecule has 0 radical (unpaired) electrons. The molecule has 0 bridgehead atoms. The summed E-state index contributed by atoms with van der Waals surface area (Å²) in [5.41, 5.74) is 1.77. The average molecular weight is 454 g/mol. The molecule has 0 N–H and O–H groups in total. The topological polar surface area (TPSA) is 60.9 Å². The van der Waals surface area contributed by atoms with E-state index in [0.29, 0.717) is 29.0 Å². The molecular weight excluding hydrogens is 426 g/mol. The van der Waals surface area contributed by atoms with Crippen molar-refractivity contribution < 1.29 is 14.4 Å². The van der Waals surface area contributed by atoms with E-state index in [1.54, 1.807) is 23.9 Å². The molecule has 6 nitrogen and oxygen atoms in total. The molecule has 1 aromatic rings. The second-order valence-electron chi connectivity index (χ2n) is 8.91. The van der Waals surface area contributed by atoms with Crippen LogP contribution in [-0.4, -0.2) is 55.2 Å². The van der Waals surface area contributed by atoms with Crippen LogP contribution in [0.2, 0.25) is 0 Å². The van der Waals surface area contributed by atoms with Gasteiger partial charge in [-0.3, -0.25) is 14.4 Å². The highest BCUT2D eigenvalue weighted by Crippen LogP contribution is 2.55. The number of aldehydes is 1. The Balaban J connectivity index is 1.88. The van der Waals surface area contributed by atoms with E-state index in [0.717, 1.165) is 17.5 Å². The number of hydrogen-bond donors (Lipinski definition) is 0. The zero-order chi connectivity index (χ0) is 23.2. The Hall–Kier alpha value is -2.86. The number of benzene rings is 1. The average Bonchev–Trinajstić information content (AvgIpc) is 2.81. The zero-order valence-electron chi connectivity index (χ0n) is 18.8. The van der Waals surface area contributed by atoms with Crippen LogP contribution >= 0.6 is 11.6 Å². The van der Waals surface area contributed by atoms with E-state index in [4.69, 9.17) is 11.6 Å². The van der Waals surface area contributed by atoms with Gasteiger partial charge in [-0.25, -0.2) is 0 Å². The molecule has 1 saturated heterocycles. The molecule has 2 amide bonds. The van der Waals surface area contributed by atoms with Crippen LogP contribution in [0.3, 0.4) is 0 Å². The number of hydrogen-bond acceptors (Lipinski definition) is 4. The highest BCUT2D eigenvalue weighted by Gasteiger charge is 2.61. The van der Waals surface area contributed by atoms with Crippen molar-refractivity contribution in [3.63, 3.8) is 0 Å². The number of carbonyl (C=O) groups is 3. The second kappa shape index (κ2) is 8.24. The van der Waals surface area contributed by atoms with Crippen molar-refractivity contribution >= 4 is 35.4 Å². The van der Waals surface area contributed by atoms with Crippen LogP contribution in [0.25, 0.3) is 0 Å². The normalized spacial score (nSPS) is 29.4. The van der Waals surface area contributed by atoms with Gasteiger partial charge in [-0.1, -0.05) is 35.9 Å². The van der Waals surface area contributed by atoms with Crippen LogP contribution in [0.5, 0.6) is 0 Å². The fourth-order valence-electron chi connectivity index (χ4n) is 5.22. The molecule has 1 fully saturated rings. The smallest absolute Gasteiger partial charge is 0.240 e. The highest BCUT2D eigenvalue weighted by molar-refractivity contribution is 6.34. The molecule has 32 heavy (non-hydrogen) atoms. The third-order valence-corrected chi connectivity index (χ3v) is 7.68. The number of halogens is 1. The van der Waals surface area contributed by atoms with Gasteiger partial charge in [0, 0.05) is 44.5 Å². The zero-order valence-corrected chi connectivity index (χ0v) is 19.6. The molecule has 0 aromatic heterocycles. The van der Waals surface area contributed by atoms with Crippen molar-refractivity contribution in [3.05, 3.63) is 64.4 Å². The number of rotatable bonds is 3. The number of fused-ring (bicyclic) bond motifs is 2. The van der Waals surface area contributed by atoms with Gasteiger partial charge < -0.3 is 14.7 Å². The minimum atomic E-state index is -1.27. The summed E-state index contributed by atoms with van der Waals surface area (Å²) in [4.78, 5) is 44.4. The van der Waals surface area contributed by atoms with Crippen molar-refractivity contribution in [1.29, 1.82) is 0 Å². The minimum Gasteiger partial charge on any atom is -0.351 e. The van der Waals surface area contributed by atoms with E-state index in [-0.39, 0.29) is 30.3 Å². The third kappa shape index (κ3) is 3.28. The molecule has 4 rings (SSSR count). The Morgan fingerprint density at radius 1 is 1.12 bits per heavy atom. The summed E-state index contributed by atoms with van der Waals surface area (Å²) in [5.74, 6) is -0.734. The van der Waals surface area contributed by atoms with Gasteiger partial charge in [0.05, 0.1) is 5.03 Å². The van der Waals surface area contributed by atoms with Crippen LogP contribution < -0.4 is 4.90 Å². The fourth-order valence-corrected chi connectivity index (χ4v) is 5.55. The molecule has 7 heteroatoms. The van der Waals surface area contributed by atoms with Crippen molar-refractivity contribution in [3.8, 4) is 0 Å². The number of nitrogens with zero attached hydrogens (tertiary/aromatic N) is 3. The van der Waals surface area contributed by atoms with E-state index in [2.05, 4.69) is 0 Å². The van der Waals surface area contributed by atoms with Crippen LogP contribution in [0.4, 0.5) is 5.69 Å². The summed E-state index contributed by atoms with van der Waals surface area (Å²) in [6.45, 7) is 1.85. The molecular formula is C25H28ClN3O3. The predicted molar refractivity (Wildman–Crippen MR) is 125 cm³/mol. The van der Waals surface area contributed by atoms with Gasteiger partial charge in [-0.2, -0.15) is 0 Å². The molecule has 168 valence electrons. The molecule has 3 aliphatic rings.